The van der Waals surface area contributed by atoms with Gasteiger partial charge in [0.2, 0.25) is 0 Å². The molecule has 0 radical (unpaired) electrons. The van der Waals surface area contributed by atoms with E-state index in [2.05, 4.69) is 36.8 Å². The minimum atomic E-state index is -0.797. The highest BCUT2D eigenvalue weighted by Gasteiger charge is 2.31. The molecule has 0 aliphatic heterocycles. The Hall–Kier alpha value is -1.13. The fraction of sp³-hybridized carbons (Fsp3) is 0. The van der Waals surface area contributed by atoms with Crippen LogP contribution in [-0.2, 0) is 0 Å². The van der Waals surface area contributed by atoms with Gasteiger partial charge in [0.05, 0.1) is 14.5 Å². The number of hydrogen-bond acceptors (Lipinski definition) is 6. The molecule has 0 bridgehead atoms. The molecule has 88 valence electrons. The van der Waals surface area contributed by atoms with Crippen LogP contribution in [0.2, 0.25) is 0 Å². The summed E-state index contributed by atoms with van der Waals surface area (Å²) in [6.07, 6.45) is 0. The predicted octanol–water partition coefficient (Wildman–Crippen LogP) is 3.64. The van der Waals surface area contributed by atoms with E-state index in [1.807, 2.05) is 0 Å². The lowest BCUT2D eigenvalue weighted by Crippen LogP contribution is -1.97. The van der Waals surface area contributed by atoms with Crippen molar-refractivity contribution in [3.8, 4) is 0 Å². The van der Waals surface area contributed by atoms with E-state index in [0.717, 1.165) is 6.07 Å². The molecule has 0 fully saturated rings. The number of aromatic nitrogens is 1. The van der Waals surface area contributed by atoms with Gasteiger partial charge in [-0.15, -0.1) is 11.3 Å². The third kappa shape index (κ3) is 2.03. The molecule has 0 saturated heterocycles. The second kappa shape index (κ2) is 4.27. The highest BCUT2D eigenvalue weighted by atomic mass is 79.9. The standard InChI is InChI=1S/C7HBr2N3O4S/c8-4-5-3(17-7(9)10-5)1-2(11(13)14)6(4)12(15)16/h1H. The predicted molar refractivity (Wildman–Crippen MR) is 68.3 cm³/mol. The summed E-state index contributed by atoms with van der Waals surface area (Å²) in [6.45, 7) is 0. The number of hydrogen-bond donors (Lipinski definition) is 0. The maximum absolute atomic E-state index is 10.8. The Labute approximate surface area is 114 Å². The maximum atomic E-state index is 10.8. The fourth-order valence-electron chi connectivity index (χ4n) is 1.29. The fourth-order valence-corrected chi connectivity index (χ4v) is 3.51. The van der Waals surface area contributed by atoms with Crippen molar-refractivity contribution < 1.29 is 9.85 Å². The van der Waals surface area contributed by atoms with Gasteiger partial charge in [-0.05, 0) is 31.9 Å². The van der Waals surface area contributed by atoms with Gasteiger partial charge in [-0.3, -0.25) is 20.2 Å². The molecule has 1 heterocycles. The van der Waals surface area contributed by atoms with Crippen molar-refractivity contribution in [3.05, 3.63) is 34.7 Å². The molecule has 0 unspecified atom stereocenters. The molecule has 0 aliphatic carbocycles. The first-order valence-electron chi connectivity index (χ1n) is 3.99. The van der Waals surface area contributed by atoms with Crippen LogP contribution in [0, 0.1) is 20.2 Å². The van der Waals surface area contributed by atoms with Crippen LogP contribution in [0.1, 0.15) is 0 Å². The van der Waals surface area contributed by atoms with Crippen LogP contribution in [0.15, 0.2) is 14.5 Å². The maximum Gasteiger partial charge on any atom is 0.362 e. The van der Waals surface area contributed by atoms with Gasteiger partial charge in [0.1, 0.15) is 9.99 Å². The zero-order valence-corrected chi connectivity index (χ0v) is 11.7. The van der Waals surface area contributed by atoms with E-state index in [1.165, 1.54) is 11.3 Å². The average Bonchev–Trinajstić information content (AvgIpc) is 2.57. The molecule has 0 aliphatic rings. The zero-order chi connectivity index (χ0) is 12.7. The van der Waals surface area contributed by atoms with Gasteiger partial charge >= 0.3 is 11.4 Å². The van der Waals surface area contributed by atoms with Gasteiger partial charge in [-0.1, -0.05) is 0 Å². The van der Waals surface area contributed by atoms with E-state index in [1.54, 1.807) is 0 Å². The molecule has 0 spiro atoms. The second-order valence-electron chi connectivity index (χ2n) is 2.89. The molecule has 0 atom stereocenters. The van der Waals surface area contributed by atoms with Crippen LogP contribution in [0.5, 0.6) is 0 Å². The number of nitrogens with zero attached hydrogens (tertiary/aromatic N) is 3. The molecule has 10 heteroatoms. The van der Waals surface area contributed by atoms with Crippen molar-refractivity contribution in [1.29, 1.82) is 0 Å². The Morgan fingerprint density at radius 2 is 1.88 bits per heavy atom. The van der Waals surface area contributed by atoms with E-state index in [4.69, 9.17) is 0 Å². The van der Waals surface area contributed by atoms with Crippen molar-refractivity contribution >= 4 is 64.8 Å². The van der Waals surface area contributed by atoms with E-state index in [9.17, 15) is 20.2 Å². The highest BCUT2D eigenvalue weighted by molar-refractivity contribution is 9.11. The lowest BCUT2D eigenvalue weighted by atomic mass is 10.2. The Morgan fingerprint density at radius 1 is 1.24 bits per heavy atom. The van der Waals surface area contributed by atoms with Crippen LogP contribution >= 0.6 is 43.2 Å². The summed E-state index contributed by atoms with van der Waals surface area (Å²) in [4.78, 5) is 24.1. The molecule has 17 heavy (non-hydrogen) atoms. The quantitative estimate of drug-likeness (QED) is 0.583. The summed E-state index contributed by atoms with van der Waals surface area (Å²) in [7, 11) is 0. The van der Waals surface area contributed by atoms with Crippen LogP contribution in [0.4, 0.5) is 11.4 Å². The van der Waals surface area contributed by atoms with Crippen molar-refractivity contribution in [2.24, 2.45) is 0 Å². The van der Waals surface area contributed by atoms with Gasteiger partial charge in [0, 0.05) is 6.07 Å². The summed E-state index contributed by atoms with van der Waals surface area (Å²) < 4.78 is 1.03. The lowest BCUT2D eigenvalue weighted by Gasteiger charge is -1.98. The van der Waals surface area contributed by atoms with Gasteiger partial charge in [0.15, 0.2) is 3.92 Å². The van der Waals surface area contributed by atoms with Crippen molar-refractivity contribution in [2.75, 3.05) is 0 Å². The Balaban J connectivity index is 2.92. The molecule has 2 aromatic rings. The molecule has 0 amide bonds. The molecular formula is C7HBr2N3O4S. The summed E-state index contributed by atoms with van der Waals surface area (Å²) in [5.74, 6) is 0. The van der Waals surface area contributed by atoms with Crippen molar-refractivity contribution in [3.63, 3.8) is 0 Å². The minimum Gasteiger partial charge on any atom is -0.258 e. The SMILES string of the molecule is O=[N+]([O-])c1cc2sc(Br)nc2c(Br)c1[N+](=O)[O-]. The normalized spacial score (nSPS) is 10.7. The first kappa shape index (κ1) is 12.3. The number of benzene rings is 1. The number of rotatable bonds is 2. The van der Waals surface area contributed by atoms with E-state index >= 15 is 0 Å². The van der Waals surface area contributed by atoms with Crippen molar-refractivity contribution in [1.82, 2.24) is 4.98 Å². The monoisotopic (exact) mass is 381 g/mol. The lowest BCUT2D eigenvalue weighted by molar-refractivity contribution is -0.422. The zero-order valence-electron chi connectivity index (χ0n) is 7.72. The summed E-state index contributed by atoms with van der Waals surface area (Å²) in [6, 6.07) is 1.15. The van der Waals surface area contributed by atoms with Crippen LogP contribution in [0.25, 0.3) is 10.2 Å². The van der Waals surface area contributed by atoms with Crippen LogP contribution in [-0.4, -0.2) is 14.8 Å². The molecule has 0 saturated carbocycles. The summed E-state index contributed by atoms with van der Waals surface area (Å²) in [5, 5.41) is 21.6. The van der Waals surface area contributed by atoms with Gasteiger partial charge in [0.25, 0.3) is 0 Å². The van der Waals surface area contributed by atoms with Gasteiger partial charge in [-0.25, -0.2) is 4.98 Å². The average molecular weight is 383 g/mol. The number of thiazole rings is 1. The molecule has 7 nitrogen and oxygen atoms in total. The highest BCUT2D eigenvalue weighted by Crippen LogP contribution is 2.42. The van der Waals surface area contributed by atoms with E-state index in [0.29, 0.717) is 14.1 Å². The van der Waals surface area contributed by atoms with Gasteiger partial charge < -0.3 is 0 Å². The second-order valence-corrected chi connectivity index (χ2v) is 5.99. The first-order chi connectivity index (χ1) is 7.91. The Bertz CT molecular complexity index is 656. The third-order valence-corrected chi connectivity index (χ3v) is 4.14. The topological polar surface area (TPSA) is 99.2 Å². The van der Waals surface area contributed by atoms with E-state index in [-0.39, 0.29) is 4.47 Å². The molecule has 1 aromatic carbocycles. The van der Waals surface area contributed by atoms with Crippen molar-refractivity contribution in [2.45, 2.75) is 0 Å². The smallest absolute Gasteiger partial charge is 0.258 e. The number of halogens is 2. The van der Waals surface area contributed by atoms with Gasteiger partial charge in [-0.2, -0.15) is 0 Å². The van der Waals surface area contributed by atoms with Crippen LogP contribution in [0.3, 0.4) is 0 Å². The Morgan fingerprint density at radius 3 is 2.41 bits per heavy atom. The summed E-state index contributed by atoms with van der Waals surface area (Å²) in [5.41, 5.74) is -0.801. The number of nitro benzene ring substituents is 2. The molecule has 0 N–H and O–H groups in total. The minimum absolute atomic E-state index is 0.0219. The largest absolute Gasteiger partial charge is 0.362 e. The number of fused-ring (bicyclic) bond motifs is 1. The molecular weight excluding hydrogens is 382 g/mol. The van der Waals surface area contributed by atoms with Crippen LogP contribution < -0.4 is 0 Å². The van der Waals surface area contributed by atoms with E-state index < -0.39 is 21.2 Å². The first-order valence-corrected chi connectivity index (χ1v) is 6.39. The third-order valence-electron chi connectivity index (χ3n) is 1.93. The summed E-state index contributed by atoms with van der Waals surface area (Å²) >= 11 is 7.29. The number of nitro groups is 2. The Kier molecular flexibility index (Phi) is 3.10. The molecule has 2 rings (SSSR count). The molecule has 1 aromatic heterocycles.